The van der Waals surface area contributed by atoms with Crippen molar-refractivity contribution in [3.8, 4) is 23.0 Å². The quantitative estimate of drug-likeness (QED) is 0.116. The van der Waals surface area contributed by atoms with Crippen molar-refractivity contribution in [2.45, 2.75) is 69.1 Å². The fourth-order valence-corrected chi connectivity index (χ4v) is 6.27. The summed E-state index contributed by atoms with van der Waals surface area (Å²) < 4.78 is 23.4. The molecule has 0 aliphatic carbocycles. The summed E-state index contributed by atoms with van der Waals surface area (Å²) in [4.78, 5) is 48.4. The van der Waals surface area contributed by atoms with Gasteiger partial charge in [-0.3, -0.25) is 23.9 Å². The third-order valence-electron chi connectivity index (χ3n) is 7.73. The van der Waals surface area contributed by atoms with Gasteiger partial charge in [0.05, 0.1) is 16.2 Å². The van der Waals surface area contributed by atoms with E-state index < -0.39 is 5.25 Å². The van der Waals surface area contributed by atoms with Crippen LogP contribution >= 0.6 is 11.8 Å². The number of nitrogens with one attached hydrogen (secondary N) is 2. The zero-order valence-corrected chi connectivity index (χ0v) is 26.3. The number of amides is 2. The predicted octanol–water partition coefficient (Wildman–Crippen LogP) is 4.31. The lowest BCUT2D eigenvalue weighted by Gasteiger charge is -2.18. The van der Waals surface area contributed by atoms with Gasteiger partial charge >= 0.3 is 0 Å². The van der Waals surface area contributed by atoms with Crippen molar-refractivity contribution in [2.75, 3.05) is 13.6 Å². The summed E-state index contributed by atoms with van der Waals surface area (Å²) in [7, 11) is 0. The van der Waals surface area contributed by atoms with Gasteiger partial charge in [-0.05, 0) is 54.7 Å². The zero-order chi connectivity index (χ0) is 31.9. The number of carbonyl (C=O) groups excluding carboxylic acids is 2. The van der Waals surface area contributed by atoms with E-state index in [1.165, 1.54) is 11.8 Å². The first-order chi connectivity index (χ1) is 22.5. The Hall–Kier alpha value is -4.78. The number of fused-ring (bicyclic) bond motifs is 3. The monoisotopic (exact) mass is 645 g/mol. The zero-order valence-electron chi connectivity index (χ0n) is 25.5. The fraction of sp³-hybridized carbons (Fsp3) is 0.364. The van der Waals surface area contributed by atoms with Gasteiger partial charge in [-0.1, -0.05) is 37.2 Å². The molecule has 1 atom stereocenters. The number of nitrogens with zero attached hydrogens (tertiary/aromatic N) is 3. The lowest BCUT2D eigenvalue weighted by atomic mass is 10.1. The third-order valence-corrected chi connectivity index (χ3v) is 9.08. The van der Waals surface area contributed by atoms with E-state index in [1.807, 2.05) is 37.3 Å². The van der Waals surface area contributed by atoms with E-state index in [-0.39, 0.29) is 31.0 Å². The molecule has 0 saturated heterocycles. The maximum Gasteiger partial charge on any atom is 0.262 e. The Morgan fingerprint density at radius 3 is 2.46 bits per heavy atom. The first kappa shape index (κ1) is 31.2. The number of thioether (sulfide) groups is 1. The Morgan fingerprint density at radius 2 is 1.67 bits per heavy atom. The maximum absolute atomic E-state index is 13.8. The lowest BCUT2D eigenvalue weighted by molar-refractivity contribution is -0.121. The molecule has 12 nitrogen and oxygen atoms in total. The summed E-state index contributed by atoms with van der Waals surface area (Å²) in [6.45, 7) is 3.38. The van der Waals surface area contributed by atoms with Gasteiger partial charge in [-0.2, -0.15) is 0 Å². The predicted molar refractivity (Wildman–Crippen MR) is 171 cm³/mol. The van der Waals surface area contributed by atoms with Crippen molar-refractivity contribution in [1.29, 1.82) is 0 Å². The number of hydrogen-bond donors (Lipinski definition) is 2. The molecule has 0 radical (unpaired) electrons. The fourth-order valence-electron chi connectivity index (χ4n) is 5.21. The molecule has 1 unspecified atom stereocenters. The average molecular weight is 646 g/mol. The van der Waals surface area contributed by atoms with Crippen LogP contribution in [0, 0.1) is 0 Å². The number of unbranched alkanes of at least 4 members (excludes halogenated alkanes) is 2. The Kier molecular flexibility index (Phi) is 9.87. The molecule has 2 aliphatic rings. The lowest BCUT2D eigenvalue weighted by Crippen LogP contribution is -2.33. The topological polar surface area (TPSA) is 143 Å². The van der Waals surface area contributed by atoms with Crippen LogP contribution in [-0.4, -0.2) is 45.2 Å². The molecule has 0 saturated carbocycles. The number of aromatic nitrogens is 3. The minimum absolute atomic E-state index is 0.0439. The summed E-state index contributed by atoms with van der Waals surface area (Å²) in [5.74, 6) is 2.24. The molecule has 2 N–H and O–H groups in total. The van der Waals surface area contributed by atoms with Gasteiger partial charge in [-0.15, -0.1) is 0 Å². The molecule has 46 heavy (non-hydrogen) atoms. The number of pyridine rings is 1. The molecule has 2 aliphatic heterocycles. The van der Waals surface area contributed by atoms with Gasteiger partial charge in [-0.25, -0.2) is 4.98 Å². The molecule has 13 heteroatoms. The molecule has 0 spiro atoms. The first-order valence-corrected chi connectivity index (χ1v) is 16.2. The van der Waals surface area contributed by atoms with Gasteiger partial charge in [0.25, 0.3) is 5.56 Å². The van der Waals surface area contributed by atoms with Crippen molar-refractivity contribution < 1.29 is 28.5 Å². The summed E-state index contributed by atoms with van der Waals surface area (Å²) in [5, 5.41) is 6.34. The number of rotatable bonds is 14. The molecule has 0 fully saturated rings. The minimum Gasteiger partial charge on any atom is -0.454 e. The van der Waals surface area contributed by atoms with Crippen LogP contribution in [0.1, 0.15) is 50.2 Å². The van der Waals surface area contributed by atoms with E-state index >= 15 is 0 Å². The normalized spacial score (nSPS) is 13.5. The van der Waals surface area contributed by atoms with Crippen molar-refractivity contribution in [2.24, 2.45) is 0 Å². The van der Waals surface area contributed by atoms with E-state index in [2.05, 4.69) is 15.6 Å². The smallest absolute Gasteiger partial charge is 0.262 e. The van der Waals surface area contributed by atoms with E-state index in [0.29, 0.717) is 84.4 Å². The summed E-state index contributed by atoms with van der Waals surface area (Å²) >= 11 is 1.27. The molecule has 2 aromatic carbocycles. The molecule has 4 heterocycles. The molecule has 2 amide bonds. The first-order valence-electron chi connectivity index (χ1n) is 15.3. The van der Waals surface area contributed by atoms with E-state index in [9.17, 15) is 14.4 Å². The molecular weight excluding hydrogens is 610 g/mol. The number of ether oxygens (including phenoxy) is 4. The number of hydrogen-bond acceptors (Lipinski definition) is 10. The van der Waals surface area contributed by atoms with Gasteiger partial charge in [0, 0.05) is 44.5 Å². The van der Waals surface area contributed by atoms with Crippen LogP contribution in [0.2, 0.25) is 0 Å². The second-order valence-corrected chi connectivity index (χ2v) is 12.1. The van der Waals surface area contributed by atoms with Crippen LogP contribution < -0.4 is 35.1 Å². The summed E-state index contributed by atoms with van der Waals surface area (Å²) in [5.41, 5.74) is 2.11. The van der Waals surface area contributed by atoms with Gasteiger partial charge in [0.1, 0.15) is 0 Å². The van der Waals surface area contributed by atoms with E-state index in [4.69, 9.17) is 23.9 Å². The molecular formula is C33H35N5O7S. The number of carbonyl (C=O) groups is 2. The van der Waals surface area contributed by atoms with Crippen LogP contribution in [0.5, 0.6) is 23.0 Å². The Balaban J connectivity index is 1.09. The molecule has 240 valence electrons. The van der Waals surface area contributed by atoms with Crippen LogP contribution in [0.25, 0.3) is 10.9 Å². The van der Waals surface area contributed by atoms with Crippen LogP contribution in [0.4, 0.5) is 0 Å². The maximum atomic E-state index is 13.8. The van der Waals surface area contributed by atoms with E-state index in [1.54, 1.807) is 29.1 Å². The van der Waals surface area contributed by atoms with Crippen LogP contribution in [0.3, 0.4) is 0 Å². The SMILES string of the molecule is CCC(Sc1nc2cc3c(cc2c(=O)n1CCCCCC(=O)NCc1ccc2c(c1)OCO2)OCO3)C(=O)NCc1cccnc1. The molecule has 4 aromatic rings. The average Bonchev–Trinajstić information content (AvgIpc) is 3.74. The van der Waals surface area contributed by atoms with Crippen LogP contribution in [-0.2, 0) is 29.2 Å². The van der Waals surface area contributed by atoms with Gasteiger partial charge in [0.2, 0.25) is 25.4 Å². The largest absolute Gasteiger partial charge is 0.454 e. The molecule has 2 aromatic heterocycles. The highest BCUT2D eigenvalue weighted by molar-refractivity contribution is 8.00. The highest BCUT2D eigenvalue weighted by Crippen LogP contribution is 2.36. The standard InChI is InChI=1S/C33H35N5O7S/c1-2-29(31(40)36-18-22-7-6-11-34-16-22)46-33-37-24-15-28-27(44-20-45-28)14-23(24)32(41)38(33)12-5-3-4-8-30(39)35-17-21-9-10-25-26(13-21)43-19-42-25/h6-7,9-11,13-16,29H,2-5,8,12,17-20H2,1H3,(H,35,39)(H,36,40). The van der Waals surface area contributed by atoms with Crippen molar-refractivity contribution in [1.82, 2.24) is 25.2 Å². The van der Waals surface area contributed by atoms with Gasteiger partial charge < -0.3 is 29.6 Å². The van der Waals surface area contributed by atoms with E-state index in [0.717, 1.165) is 17.5 Å². The van der Waals surface area contributed by atoms with Crippen molar-refractivity contribution in [3.63, 3.8) is 0 Å². The Labute approximate surface area is 269 Å². The second kappa shape index (κ2) is 14.5. The minimum atomic E-state index is -0.463. The molecule has 0 bridgehead atoms. The second-order valence-electron chi connectivity index (χ2n) is 10.9. The molecule has 6 rings (SSSR count). The Morgan fingerprint density at radius 1 is 0.913 bits per heavy atom. The van der Waals surface area contributed by atoms with Crippen molar-refractivity contribution in [3.05, 3.63) is 76.3 Å². The summed E-state index contributed by atoms with van der Waals surface area (Å²) in [6.07, 6.45) is 6.36. The highest BCUT2D eigenvalue weighted by Gasteiger charge is 2.24. The summed E-state index contributed by atoms with van der Waals surface area (Å²) in [6, 6.07) is 12.7. The van der Waals surface area contributed by atoms with Gasteiger partial charge in [0.15, 0.2) is 28.2 Å². The van der Waals surface area contributed by atoms with Crippen molar-refractivity contribution >= 4 is 34.5 Å². The highest BCUT2D eigenvalue weighted by atomic mass is 32.2. The number of benzene rings is 2. The third kappa shape index (κ3) is 7.36. The van der Waals surface area contributed by atoms with Crippen LogP contribution in [0.15, 0.2) is 64.8 Å². The Bertz CT molecular complexity index is 1780.